The average molecular weight is 138 g/mol. The molecule has 50 valence electrons. The van der Waals surface area contributed by atoms with Gasteiger partial charge in [-0.05, 0) is 0 Å². The number of aliphatic hydroxyl groups is 1. The molecule has 1 saturated carbocycles. The predicted octanol–water partition coefficient (Wildman–Crippen LogP) is -1.23. The third-order valence-corrected chi connectivity index (χ3v) is 1.32. The van der Waals surface area contributed by atoms with Crippen LogP contribution in [0.15, 0.2) is 0 Å². The topological polar surface area (TPSA) is 20.2 Å². The first-order valence-corrected chi connectivity index (χ1v) is 3.26. The van der Waals surface area contributed by atoms with E-state index in [9.17, 15) is 0 Å². The van der Waals surface area contributed by atoms with Crippen molar-refractivity contribution in [1.82, 2.24) is 0 Å². The van der Waals surface area contributed by atoms with Crippen LogP contribution < -0.4 is 29.6 Å². The molecule has 0 spiro atoms. The van der Waals surface area contributed by atoms with Gasteiger partial charge in [0.25, 0.3) is 0 Å². The summed E-state index contributed by atoms with van der Waals surface area (Å²) in [7, 11) is 1.00. The van der Waals surface area contributed by atoms with Crippen LogP contribution in [0.25, 0.3) is 0 Å². The van der Waals surface area contributed by atoms with Crippen LogP contribution in [0, 0.1) is 6.42 Å². The first kappa shape index (κ1) is 12.6. The van der Waals surface area contributed by atoms with Gasteiger partial charge in [0.15, 0.2) is 0 Å². The second kappa shape index (κ2) is 11.7. The molecule has 1 N–H and O–H groups in total. The minimum absolute atomic E-state index is 0. The van der Waals surface area contributed by atoms with Crippen molar-refractivity contribution in [2.75, 3.05) is 7.11 Å². The quantitative estimate of drug-likeness (QED) is 0.328. The number of hydrogen-bond acceptors (Lipinski definition) is 1. The van der Waals surface area contributed by atoms with Crippen molar-refractivity contribution in [2.24, 2.45) is 0 Å². The van der Waals surface area contributed by atoms with E-state index in [1.165, 1.54) is 32.1 Å². The largest absolute Gasteiger partial charge is 1.00 e. The molecule has 0 heterocycles. The zero-order chi connectivity index (χ0) is 6.24. The van der Waals surface area contributed by atoms with Crippen LogP contribution in [0.2, 0.25) is 0 Å². The zero-order valence-corrected chi connectivity index (χ0v) is 8.56. The SMILES string of the molecule is CO.[CH-]1CCCCC1.[Na+]. The van der Waals surface area contributed by atoms with E-state index in [0.29, 0.717) is 0 Å². The Morgan fingerprint density at radius 1 is 1.00 bits per heavy atom. The summed E-state index contributed by atoms with van der Waals surface area (Å²) in [5, 5.41) is 7.00. The summed E-state index contributed by atoms with van der Waals surface area (Å²) in [5.41, 5.74) is 0. The molecule has 0 atom stereocenters. The van der Waals surface area contributed by atoms with Crippen LogP contribution in [0.3, 0.4) is 0 Å². The Hall–Kier alpha value is 0.960. The van der Waals surface area contributed by atoms with Gasteiger partial charge in [-0.15, -0.1) is 0 Å². The van der Waals surface area contributed by atoms with E-state index >= 15 is 0 Å². The first-order valence-electron chi connectivity index (χ1n) is 3.26. The molecule has 0 aromatic rings. The van der Waals surface area contributed by atoms with E-state index < -0.39 is 0 Å². The molecule has 1 nitrogen and oxygen atoms in total. The summed E-state index contributed by atoms with van der Waals surface area (Å²) in [6, 6.07) is 0. The Morgan fingerprint density at radius 3 is 1.56 bits per heavy atom. The molecule has 0 unspecified atom stereocenters. The molecular weight excluding hydrogens is 123 g/mol. The Balaban J connectivity index is 0. The van der Waals surface area contributed by atoms with Crippen molar-refractivity contribution in [3.63, 3.8) is 0 Å². The van der Waals surface area contributed by atoms with E-state index in [1.807, 2.05) is 0 Å². The van der Waals surface area contributed by atoms with Crippen molar-refractivity contribution in [1.29, 1.82) is 0 Å². The molecule has 1 rings (SSSR count). The third kappa shape index (κ3) is 8.96. The van der Waals surface area contributed by atoms with E-state index in [0.717, 1.165) is 7.11 Å². The summed E-state index contributed by atoms with van der Waals surface area (Å²) in [6.07, 6.45) is 9.50. The van der Waals surface area contributed by atoms with Gasteiger partial charge in [-0.25, -0.2) is 0 Å². The molecule has 0 amide bonds. The average Bonchev–Trinajstić information content (AvgIpc) is 1.96. The predicted molar refractivity (Wildman–Crippen MR) is 35.5 cm³/mol. The van der Waals surface area contributed by atoms with Crippen LogP contribution in [0.5, 0.6) is 0 Å². The first-order chi connectivity index (χ1) is 4.00. The minimum atomic E-state index is 0. The molecule has 1 aliphatic carbocycles. The van der Waals surface area contributed by atoms with Crippen LogP contribution >= 0.6 is 0 Å². The fraction of sp³-hybridized carbons (Fsp3) is 0.857. The fourth-order valence-electron chi connectivity index (χ4n) is 0.898. The third-order valence-electron chi connectivity index (χ3n) is 1.32. The maximum atomic E-state index is 7.00. The van der Waals surface area contributed by atoms with Crippen LogP contribution in [0.1, 0.15) is 32.1 Å². The van der Waals surface area contributed by atoms with Crippen molar-refractivity contribution >= 4 is 0 Å². The summed E-state index contributed by atoms with van der Waals surface area (Å²) in [5.74, 6) is 0. The van der Waals surface area contributed by atoms with Gasteiger partial charge >= 0.3 is 29.6 Å². The van der Waals surface area contributed by atoms with Gasteiger partial charge in [0.2, 0.25) is 0 Å². The molecule has 0 aromatic carbocycles. The van der Waals surface area contributed by atoms with Gasteiger partial charge < -0.3 is 11.5 Å². The molecule has 2 heteroatoms. The summed E-state index contributed by atoms with van der Waals surface area (Å²) in [6.45, 7) is 0. The second-order valence-corrected chi connectivity index (χ2v) is 1.93. The second-order valence-electron chi connectivity index (χ2n) is 1.93. The maximum Gasteiger partial charge on any atom is 1.00 e. The van der Waals surface area contributed by atoms with Crippen molar-refractivity contribution in [3.8, 4) is 0 Å². The Kier molecular flexibility index (Phi) is 16.4. The Bertz CT molecular complexity index is 24.4. The van der Waals surface area contributed by atoms with Gasteiger partial charge in [0.05, 0.1) is 0 Å². The van der Waals surface area contributed by atoms with Crippen molar-refractivity contribution in [2.45, 2.75) is 32.1 Å². The van der Waals surface area contributed by atoms with Gasteiger partial charge in [0.1, 0.15) is 0 Å². The summed E-state index contributed by atoms with van der Waals surface area (Å²) >= 11 is 0. The fourth-order valence-corrected chi connectivity index (χ4v) is 0.898. The minimum Gasteiger partial charge on any atom is -0.400 e. The van der Waals surface area contributed by atoms with E-state index in [2.05, 4.69) is 6.42 Å². The maximum absolute atomic E-state index is 7.00. The summed E-state index contributed by atoms with van der Waals surface area (Å²) in [4.78, 5) is 0. The number of aliphatic hydroxyl groups excluding tert-OH is 1. The zero-order valence-electron chi connectivity index (χ0n) is 6.56. The molecule has 1 aliphatic rings. The molecule has 1 fully saturated rings. The van der Waals surface area contributed by atoms with Gasteiger partial charge in [-0.1, -0.05) is 19.3 Å². The molecule has 0 aromatic heterocycles. The smallest absolute Gasteiger partial charge is 0.400 e. The van der Waals surface area contributed by atoms with E-state index in [4.69, 9.17) is 5.11 Å². The van der Waals surface area contributed by atoms with E-state index in [1.54, 1.807) is 0 Å². The Labute approximate surface area is 80.1 Å². The number of hydrogen-bond donors (Lipinski definition) is 1. The van der Waals surface area contributed by atoms with Crippen LogP contribution in [-0.4, -0.2) is 12.2 Å². The number of rotatable bonds is 0. The Morgan fingerprint density at radius 2 is 1.44 bits per heavy atom. The molecule has 9 heavy (non-hydrogen) atoms. The molecular formula is C7H15NaO. The van der Waals surface area contributed by atoms with Gasteiger partial charge in [-0.2, -0.15) is 12.8 Å². The monoisotopic (exact) mass is 138 g/mol. The molecule has 0 saturated heterocycles. The van der Waals surface area contributed by atoms with Gasteiger partial charge in [-0.3, -0.25) is 0 Å². The molecule has 0 bridgehead atoms. The van der Waals surface area contributed by atoms with Crippen molar-refractivity contribution in [3.05, 3.63) is 6.42 Å². The van der Waals surface area contributed by atoms with E-state index in [-0.39, 0.29) is 29.6 Å². The molecule has 0 radical (unpaired) electrons. The summed E-state index contributed by atoms with van der Waals surface area (Å²) < 4.78 is 0. The van der Waals surface area contributed by atoms with Crippen LogP contribution in [0.4, 0.5) is 0 Å². The molecule has 0 aliphatic heterocycles. The normalized spacial score (nSPS) is 16.7. The van der Waals surface area contributed by atoms with Crippen molar-refractivity contribution < 1.29 is 34.7 Å². The standard InChI is InChI=1S/C6H11.CH4O.Na/c1-2-4-6-5-3-1;1-2;/h1H,2-6H2;2H,1H3;/q-1;;+1. The van der Waals surface area contributed by atoms with Crippen LogP contribution in [-0.2, 0) is 0 Å². The van der Waals surface area contributed by atoms with Gasteiger partial charge in [0, 0.05) is 7.11 Å².